The van der Waals surface area contributed by atoms with Gasteiger partial charge in [-0.25, -0.2) is 0 Å². The SMILES string of the molecule is CCOc1ccc(-n2c(C)c3c(C)nnc(N4CCN(c5ccc(C(C)=O)cc5)CC4)c3c2C)c(OC)c1.CCOc1ccc(-n2c(C)c3c(C)nnc(N4CCN(c5ccc(C)cc5)C(C)C4)c3c2C)c(OC)c1.CCOc1ccc(-n2c(C)c3c(C)nnc(N4CCN(c5ccccc5OC)CC4)c3c2C)c(OC)c1.CCOc1ccc(-n2c(C)c3c(C)nnc(N4CCc5ccccc5C4)c3c2C)c(OC)c1. The standard InChI is InChI=1S/C30H35N5O3.C30H37N5O2.C29H35N5O3.C27H30N4O2/c1-7-38-25-12-13-26(27(18-25)37-6)35-20(3)28-19(2)31-32-30(29(28)21(35)4)34-16-14-33(15-17-34)24-10-8-23(9-11-24)22(5)36;1-8-37-25-13-14-26(27(17-25)36-7)35-22(5)28-21(4)31-32-30(29(28)23(35)6)33-15-16-34(20(3)18-33)24-11-9-19(2)10-12-24;1-7-37-22-12-13-24(26(18-22)36-6)34-20(3)27-19(2)30-31-29(28(27)21(34)4)33-16-14-32(15-17-33)23-10-8-9-11-25(23)35-5;1-6-33-22-11-12-23(24(15-22)32-5)31-18(3)25-17(2)28-29-27(26(25)19(31)4)30-14-13-20-9-7-8-10-21(20)16-30/h8-13,18H,7,14-17H2,1-6H3;9-14,17,20H,8,15-16,18H2,1-7H3;8-13,18H,7,14-17H2,1-6H3;7-12,15H,6,13-14,16H2,1-5H3. The minimum atomic E-state index is 0.0868. The van der Waals surface area contributed by atoms with E-state index >= 15 is 0 Å². The highest BCUT2D eigenvalue weighted by Gasteiger charge is 2.35. The number of ketones is 1. The number of Topliss-reactive ketones (excluding diaryl/α,β-unsaturated/α-hetero) is 1. The number of hydrogen-bond acceptors (Lipinski definition) is 25. The molecule has 20 rings (SSSR count). The molecule has 4 aliphatic heterocycles. The second kappa shape index (κ2) is 43.9. The maximum absolute atomic E-state index is 11.6. The maximum atomic E-state index is 11.6. The molecule has 0 bridgehead atoms. The number of aryl methyl sites for hydroxylation is 13. The van der Waals surface area contributed by atoms with Crippen molar-refractivity contribution in [3.8, 4) is 74.5 Å². The number of aromatic nitrogens is 12. The molecule has 8 aromatic heterocycles. The highest BCUT2D eigenvalue weighted by molar-refractivity contribution is 6.03. The minimum Gasteiger partial charge on any atom is -0.495 e. The van der Waals surface area contributed by atoms with Crippen LogP contribution in [0.2, 0.25) is 0 Å². The van der Waals surface area contributed by atoms with E-state index in [4.69, 9.17) is 63.0 Å². The number of methoxy groups -OCH3 is 5. The van der Waals surface area contributed by atoms with Gasteiger partial charge in [-0.05, 0) is 246 Å². The Kier molecular flexibility index (Phi) is 30.6. The molecule has 29 nitrogen and oxygen atoms in total. The number of carbonyl (C=O) groups excluding carboxylic acids is 1. The number of anilines is 7. The van der Waals surface area contributed by atoms with Gasteiger partial charge < -0.3 is 95.2 Å². The van der Waals surface area contributed by atoms with Crippen molar-refractivity contribution < 1.29 is 47.4 Å². The molecule has 12 heterocycles. The fourth-order valence-electron chi connectivity index (χ4n) is 21.9. The minimum absolute atomic E-state index is 0.0868. The summed E-state index contributed by atoms with van der Waals surface area (Å²) in [7, 11) is 8.52. The lowest BCUT2D eigenvalue weighted by Gasteiger charge is -2.42. The molecule has 1 atom stereocenters. The molecular formula is C116H137N19O10. The van der Waals surface area contributed by atoms with Gasteiger partial charge in [-0.2, -0.15) is 20.4 Å². The number of hydrogen-bond donors (Lipinski definition) is 0. The quantitative estimate of drug-likeness (QED) is 0.0483. The normalized spacial score (nSPS) is 14.2. The van der Waals surface area contributed by atoms with Crippen molar-refractivity contribution >= 4 is 89.2 Å². The third kappa shape index (κ3) is 19.8. The average Bonchev–Trinajstić information content (AvgIpc) is 1.60. The number of carbonyl (C=O) groups is 1. The monoisotopic (exact) mass is 1960 g/mol. The number of fused-ring (bicyclic) bond motifs is 5. The summed E-state index contributed by atoms with van der Waals surface area (Å²) in [6, 6.07) is 58.0. The van der Waals surface area contributed by atoms with Crippen molar-refractivity contribution in [2.75, 3.05) is 175 Å². The zero-order chi connectivity index (χ0) is 102. The van der Waals surface area contributed by atoms with Crippen molar-refractivity contribution in [1.82, 2.24) is 59.1 Å². The Balaban J connectivity index is 0.000000133. The summed E-state index contributed by atoms with van der Waals surface area (Å²) in [6.45, 7) is 53.1. The summed E-state index contributed by atoms with van der Waals surface area (Å²) in [5.41, 5.74) is 25.0. The van der Waals surface area contributed by atoms with E-state index < -0.39 is 0 Å². The number of ether oxygens (including phenoxy) is 9. The second-order valence-electron chi connectivity index (χ2n) is 37.5. The van der Waals surface area contributed by atoms with Crippen LogP contribution >= 0.6 is 0 Å². The van der Waals surface area contributed by atoms with Gasteiger partial charge in [-0.1, -0.05) is 54.1 Å². The van der Waals surface area contributed by atoms with Gasteiger partial charge in [0.2, 0.25) is 0 Å². The molecule has 0 spiro atoms. The molecule has 145 heavy (non-hydrogen) atoms. The Hall–Kier alpha value is -15.3. The van der Waals surface area contributed by atoms with Gasteiger partial charge in [0.05, 0.1) is 113 Å². The number of rotatable bonds is 25. The van der Waals surface area contributed by atoms with Crippen LogP contribution in [0.15, 0.2) is 170 Å². The largest absolute Gasteiger partial charge is 0.495 e. The van der Waals surface area contributed by atoms with Gasteiger partial charge in [0.15, 0.2) is 29.1 Å². The molecule has 0 amide bonds. The molecule has 16 aromatic rings. The van der Waals surface area contributed by atoms with E-state index in [9.17, 15) is 4.79 Å². The molecular weight excluding hydrogens is 1820 g/mol. The van der Waals surface area contributed by atoms with Gasteiger partial charge in [0.25, 0.3) is 0 Å². The van der Waals surface area contributed by atoms with E-state index in [2.05, 4.69) is 227 Å². The van der Waals surface area contributed by atoms with Gasteiger partial charge in [0.1, 0.15) is 51.7 Å². The van der Waals surface area contributed by atoms with Gasteiger partial charge in [0, 0.05) is 221 Å². The van der Waals surface area contributed by atoms with E-state index in [-0.39, 0.29) is 5.78 Å². The highest BCUT2D eigenvalue weighted by atomic mass is 16.5. The lowest BCUT2D eigenvalue weighted by atomic mass is 9.99. The van der Waals surface area contributed by atoms with Crippen LogP contribution in [-0.2, 0) is 13.0 Å². The molecule has 756 valence electrons. The van der Waals surface area contributed by atoms with Crippen LogP contribution in [0.1, 0.15) is 137 Å². The highest BCUT2D eigenvalue weighted by Crippen LogP contribution is 2.47. The lowest BCUT2D eigenvalue weighted by molar-refractivity contribution is 0.101. The fourth-order valence-corrected chi connectivity index (χ4v) is 21.9. The molecule has 0 radical (unpaired) electrons. The Bertz CT molecular complexity index is 7420. The molecule has 29 heteroatoms. The van der Waals surface area contributed by atoms with Crippen molar-refractivity contribution in [1.29, 1.82) is 0 Å². The van der Waals surface area contributed by atoms with Crippen LogP contribution in [0.5, 0.6) is 51.7 Å². The van der Waals surface area contributed by atoms with Crippen molar-refractivity contribution in [3.05, 3.63) is 260 Å². The molecule has 1 unspecified atom stereocenters. The van der Waals surface area contributed by atoms with E-state index in [1.807, 2.05) is 140 Å². The predicted molar refractivity (Wildman–Crippen MR) is 583 cm³/mol. The Morgan fingerprint density at radius 3 is 0.979 bits per heavy atom. The first-order chi connectivity index (χ1) is 70.2. The summed E-state index contributed by atoms with van der Waals surface area (Å²) in [4.78, 5) is 28.3. The van der Waals surface area contributed by atoms with Crippen LogP contribution in [0.4, 0.5) is 40.3 Å². The molecule has 0 aliphatic carbocycles. The van der Waals surface area contributed by atoms with E-state index in [1.165, 1.54) is 22.4 Å². The molecule has 0 N–H and O–H groups in total. The first-order valence-corrected chi connectivity index (χ1v) is 50.5. The van der Waals surface area contributed by atoms with Crippen LogP contribution in [0, 0.1) is 90.0 Å². The first-order valence-electron chi connectivity index (χ1n) is 50.5. The van der Waals surface area contributed by atoms with Gasteiger partial charge >= 0.3 is 0 Å². The number of piperazine rings is 3. The summed E-state index contributed by atoms with van der Waals surface area (Å²) >= 11 is 0. The number of benzene rings is 8. The second-order valence-corrected chi connectivity index (χ2v) is 37.5. The van der Waals surface area contributed by atoms with Crippen LogP contribution in [-0.4, -0.2) is 211 Å². The summed E-state index contributed by atoms with van der Waals surface area (Å²) in [6.07, 6.45) is 1.01. The third-order valence-electron chi connectivity index (χ3n) is 28.9. The summed E-state index contributed by atoms with van der Waals surface area (Å²) < 4.78 is 60.5. The zero-order valence-electron chi connectivity index (χ0n) is 88.6. The molecule has 4 aliphatic rings. The topological polar surface area (TPSA) is 246 Å². The zero-order valence-corrected chi connectivity index (χ0v) is 88.6. The average molecular weight is 1960 g/mol. The molecule has 3 saturated heterocycles. The predicted octanol–water partition coefficient (Wildman–Crippen LogP) is 21.5. The summed E-state index contributed by atoms with van der Waals surface area (Å²) in [5.74, 6) is 11.0. The Morgan fingerprint density at radius 1 is 0.303 bits per heavy atom. The maximum Gasteiger partial charge on any atom is 0.161 e. The first kappa shape index (κ1) is 101. The van der Waals surface area contributed by atoms with Crippen molar-refractivity contribution in [2.24, 2.45) is 0 Å². The molecule has 3 fully saturated rings. The Labute approximate surface area is 851 Å². The lowest BCUT2D eigenvalue weighted by Crippen LogP contribution is -2.52. The van der Waals surface area contributed by atoms with Crippen LogP contribution < -0.4 is 76.9 Å². The number of para-hydroxylation sites is 2. The van der Waals surface area contributed by atoms with Crippen molar-refractivity contribution in [2.45, 2.75) is 151 Å². The fraction of sp³-hybridized carbons (Fsp3) is 0.371. The molecule has 0 saturated carbocycles. The van der Waals surface area contributed by atoms with Gasteiger partial charge in [-0.15, -0.1) is 20.4 Å². The van der Waals surface area contributed by atoms with Gasteiger partial charge in [-0.3, -0.25) is 4.79 Å². The smallest absolute Gasteiger partial charge is 0.161 e. The van der Waals surface area contributed by atoms with E-state index in [0.717, 1.165) is 318 Å². The summed E-state index contributed by atoms with van der Waals surface area (Å²) in [5, 5.41) is 46.4. The van der Waals surface area contributed by atoms with Crippen LogP contribution in [0.25, 0.3) is 65.8 Å². The molecule has 8 aromatic carbocycles. The third-order valence-corrected chi connectivity index (χ3v) is 28.9. The van der Waals surface area contributed by atoms with E-state index in [0.29, 0.717) is 32.5 Å². The van der Waals surface area contributed by atoms with Crippen molar-refractivity contribution in [3.63, 3.8) is 0 Å². The van der Waals surface area contributed by atoms with Crippen LogP contribution in [0.3, 0.4) is 0 Å². The Morgan fingerprint density at radius 2 is 0.621 bits per heavy atom. The van der Waals surface area contributed by atoms with E-state index in [1.54, 1.807) is 42.5 Å². The number of nitrogens with zero attached hydrogens (tertiary/aromatic N) is 19.